The Morgan fingerprint density at radius 3 is 2.31 bits per heavy atom. The molecule has 7 heteroatoms. The van der Waals surface area contributed by atoms with Crippen molar-refractivity contribution in [1.29, 1.82) is 0 Å². The molecule has 0 radical (unpaired) electrons. The number of hydrogen-bond acceptors (Lipinski definition) is 5. The van der Waals surface area contributed by atoms with Crippen LogP contribution in [0.2, 0.25) is 0 Å². The van der Waals surface area contributed by atoms with Crippen molar-refractivity contribution in [3.63, 3.8) is 0 Å². The topological polar surface area (TPSA) is 93.8 Å². The Bertz CT molecular complexity index is 985. The zero-order chi connectivity index (χ0) is 20.5. The number of rotatable bonds is 8. The van der Waals surface area contributed by atoms with Crippen molar-refractivity contribution < 1.29 is 14.5 Å². The lowest BCUT2D eigenvalue weighted by atomic mass is 10.1. The van der Waals surface area contributed by atoms with Crippen LogP contribution in [0, 0.1) is 10.1 Å². The number of carbonyl (C=O) groups is 1. The second-order valence-corrected chi connectivity index (χ2v) is 6.24. The van der Waals surface area contributed by atoms with Crippen LogP contribution >= 0.6 is 0 Å². The molecule has 3 rings (SSSR count). The lowest BCUT2D eigenvalue weighted by Gasteiger charge is -2.06. The number of nitrogens with zero attached hydrogens (tertiary/aromatic N) is 2. The van der Waals surface area contributed by atoms with E-state index < -0.39 is 4.92 Å². The highest BCUT2D eigenvalue weighted by molar-refractivity contribution is 5.83. The Kier molecular flexibility index (Phi) is 6.67. The molecule has 0 aliphatic carbocycles. The Morgan fingerprint density at radius 2 is 1.66 bits per heavy atom. The highest BCUT2D eigenvalue weighted by atomic mass is 16.6. The SMILES string of the molecule is O=C(Cc1ccccc1)NN=Cc1ccc(OCc2ccc([N+](=O)[O-])cc2)cc1. The molecule has 3 aromatic rings. The molecule has 3 aromatic carbocycles. The quantitative estimate of drug-likeness (QED) is 0.359. The third-order valence-corrected chi connectivity index (χ3v) is 4.04. The molecular formula is C22H19N3O4. The number of ether oxygens (including phenoxy) is 1. The van der Waals surface area contributed by atoms with Gasteiger partial charge in [0.2, 0.25) is 5.91 Å². The van der Waals surface area contributed by atoms with E-state index in [0.29, 0.717) is 12.4 Å². The van der Waals surface area contributed by atoms with Gasteiger partial charge in [0.1, 0.15) is 12.4 Å². The van der Waals surface area contributed by atoms with Crippen LogP contribution in [0.3, 0.4) is 0 Å². The summed E-state index contributed by atoms with van der Waals surface area (Å²) in [5.74, 6) is 0.476. The minimum Gasteiger partial charge on any atom is -0.489 e. The number of benzene rings is 3. The third-order valence-electron chi connectivity index (χ3n) is 4.04. The van der Waals surface area contributed by atoms with E-state index in [9.17, 15) is 14.9 Å². The maximum atomic E-state index is 11.9. The molecule has 0 aliphatic heterocycles. The number of nitro groups is 1. The number of nitro benzene ring substituents is 1. The van der Waals surface area contributed by atoms with Crippen molar-refractivity contribution in [3.8, 4) is 5.75 Å². The summed E-state index contributed by atoms with van der Waals surface area (Å²) >= 11 is 0. The Morgan fingerprint density at radius 1 is 0.966 bits per heavy atom. The van der Waals surface area contributed by atoms with Gasteiger partial charge in [-0.2, -0.15) is 5.10 Å². The summed E-state index contributed by atoms with van der Waals surface area (Å²) in [5.41, 5.74) is 5.13. The van der Waals surface area contributed by atoms with Gasteiger partial charge in [0.15, 0.2) is 0 Å². The first-order chi connectivity index (χ1) is 14.1. The highest BCUT2D eigenvalue weighted by Gasteiger charge is 2.04. The van der Waals surface area contributed by atoms with Crippen molar-refractivity contribution in [1.82, 2.24) is 5.43 Å². The van der Waals surface area contributed by atoms with Crippen molar-refractivity contribution in [2.24, 2.45) is 5.10 Å². The van der Waals surface area contributed by atoms with E-state index >= 15 is 0 Å². The van der Waals surface area contributed by atoms with Crippen LogP contribution in [0.1, 0.15) is 16.7 Å². The average molecular weight is 389 g/mol. The van der Waals surface area contributed by atoms with Crippen LogP contribution < -0.4 is 10.2 Å². The van der Waals surface area contributed by atoms with Gasteiger partial charge in [-0.25, -0.2) is 5.43 Å². The van der Waals surface area contributed by atoms with E-state index in [1.54, 1.807) is 30.5 Å². The zero-order valence-corrected chi connectivity index (χ0v) is 15.5. The summed E-state index contributed by atoms with van der Waals surface area (Å²) in [5, 5.41) is 14.6. The standard InChI is InChI=1S/C22H19N3O4/c26-22(14-17-4-2-1-3-5-17)24-23-15-18-8-12-21(13-9-18)29-16-19-6-10-20(11-7-19)25(27)28/h1-13,15H,14,16H2,(H,24,26). The molecule has 1 N–H and O–H groups in total. The first kappa shape index (κ1) is 19.8. The first-order valence-electron chi connectivity index (χ1n) is 8.92. The third kappa shape index (κ3) is 6.28. The molecule has 0 spiro atoms. The molecule has 29 heavy (non-hydrogen) atoms. The smallest absolute Gasteiger partial charge is 0.269 e. The molecule has 146 valence electrons. The molecule has 0 saturated carbocycles. The van der Waals surface area contributed by atoms with Crippen LogP contribution in [0.15, 0.2) is 84.0 Å². The molecule has 0 aliphatic rings. The van der Waals surface area contributed by atoms with E-state index in [0.717, 1.165) is 16.7 Å². The maximum absolute atomic E-state index is 11.9. The fourth-order valence-corrected chi connectivity index (χ4v) is 2.53. The van der Waals surface area contributed by atoms with E-state index in [1.807, 2.05) is 42.5 Å². The van der Waals surface area contributed by atoms with Crippen LogP contribution in [0.5, 0.6) is 5.75 Å². The molecule has 0 aromatic heterocycles. The van der Waals surface area contributed by atoms with Crippen LogP contribution in [0.4, 0.5) is 5.69 Å². The summed E-state index contributed by atoms with van der Waals surface area (Å²) in [7, 11) is 0. The second kappa shape index (κ2) is 9.80. The predicted molar refractivity (Wildman–Crippen MR) is 110 cm³/mol. The van der Waals surface area contributed by atoms with E-state index in [-0.39, 0.29) is 18.0 Å². The monoisotopic (exact) mass is 389 g/mol. The van der Waals surface area contributed by atoms with Crippen LogP contribution in [0.25, 0.3) is 0 Å². The van der Waals surface area contributed by atoms with Gasteiger partial charge in [-0.05, 0) is 53.1 Å². The number of amides is 1. The van der Waals surface area contributed by atoms with Gasteiger partial charge in [0.05, 0.1) is 17.6 Å². The second-order valence-electron chi connectivity index (χ2n) is 6.24. The number of hydrazone groups is 1. The van der Waals surface area contributed by atoms with Gasteiger partial charge in [-0.3, -0.25) is 14.9 Å². The molecule has 0 saturated heterocycles. The molecular weight excluding hydrogens is 370 g/mol. The molecule has 1 amide bonds. The molecule has 0 fully saturated rings. The highest BCUT2D eigenvalue weighted by Crippen LogP contribution is 2.16. The Balaban J connectivity index is 1.46. The fraction of sp³-hybridized carbons (Fsp3) is 0.0909. The first-order valence-corrected chi connectivity index (χ1v) is 8.92. The summed E-state index contributed by atoms with van der Waals surface area (Å²) < 4.78 is 5.67. The summed E-state index contributed by atoms with van der Waals surface area (Å²) in [6.07, 6.45) is 1.83. The lowest BCUT2D eigenvalue weighted by molar-refractivity contribution is -0.384. The van der Waals surface area contributed by atoms with Crippen LogP contribution in [-0.4, -0.2) is 17.0 Å². The predicted octanol–water partition coefficient (Wildman–Crippen LogP) is 3.87. The summed E-state index contributed by atoms with van der Waals surface area (Å²) in [6, 6.07) is 22.9. The summed E-state index contributed by atoms with van der Waals surface area (Å²) in [6.45, 7) is 0.307. The van der Waals surface area contributed by atoms with Crippen LogP contribution in [-0.2, 0) is 17.8 Å². The van der Waals surface area contributed by atoms with Crippen molar-refractivity contribution >= 4 is 17.8 Å². The van der Waals surface area contributed by atoms with Crippen molar-refractivity contribution in [3.05, 3.63) is 106 Å². The number of carbonyl (C=O) groups excluding carboxylic acids is 1. The number of non-ortho nitro benzene ring substituents is 1. The van der Waals surface area contributed by atoms with Crippen molar-refractivity contribution in [2.75, 3.05) is 0 Å². The Hall–Kier alpha value is -4.00. The Labute approximate surface area is 167 Å². The van der Waals surface area contributed by atoms with Gasteiger partial charge in [-0.1, -0.05) is 30.3 Å². The number of nitrogens with one attached hydrogen (secondary N) is 1. The molecule has 0 bridgehead atoms. The van der Waals surface area contributed by atoms with Gasteiger partial charge in [0.25, 0.3) is 5.69 Å². The minimum absolute atomic E-state index is 0.0493. The van der Waals surface area contributed by atoms with Crippen molar-refractivity contribution in [2.45, 2.75) is 13.0 Å². The van der Waals surface area contributed by atoms with Gasteiger partial charge in [-0.15, -0.1) is 0 Å². The van der Waals surface area contributed by atoms with E-state index in [2.05, 4.69) is 10.5 Å². The lowest BCUT2D eigenvalue weighted by Crippen LogP contribution is -2.19. The fourth-order valence-electron chi connectivity index (χ4n) is 2.53. The minimum atomic E-state index is -0.436. The number of hydrogen-bond donors (Lipinski definition) is 1. The molecule has 0 unspecified atom stereocenters. The average Bonchev–Trinajstić information content (AvgIpc) is 2.74. The molecule has 0 atom stereocenters. The van der Waals surface area contributed by atoms with E-state index in [4.69, 9.17) is 4.74 Å². The normalized spacial score (nSPS) is 10.6. The van der Waals surface area contributed by atoms with Gasteiger partial charge < -0.3 is 4.74 Å². The maximum Gasteiger partial charge on any atom is 0.269 e. The zero-order valence-electron chi connectivity index (χ0n) is 15.5. The van der Waals surface area contributed by atoms with Gasteiger partial charge in [0, 0.05) is 12.1 Å². The van der Waals surface area contributed by atoms with Gasteiger partial charge >= 0.3 is 0 Å². The largest absolute Gasteiger partial charge is 0.489 e. The molecule has 7 nitrogen and oxygen atoms in total. The summed E-state index contributed by atoms with van der Waals surface area (Å²) in [4.78, 5) is 22.1. The molecule has 0 heterocycles. The van der Waals surface area contributed by atoms with E-state index in [1.165, 1.54) is 12.1 Å².